The van der Waals surface area contributed by atoms with Crippen molar-refractivity contribution >= 4 is 33.5 Å². The number of nitrogens with zero attached hydrogens (tertiary/aromatic N) is 4. The van der Waals surface area contributed by atoms with Crippen LogP contribution in [-0.4, -0.2) is 20.8 Å². The highest BCUT2D eigenvalue weighted by Crippen LogP contribution is 2.33. The van der Waals surface area contributed by atoms with Crippen LogP contribution in [0.15, 0.2) is 28.1 Å². The molecule has 0 saturated heterocycles. The van der Waals surface area contributed by atoms with Crippen molar-refractivity contribution in [1.82, 2.24) is 9.66 Å². The summed E-state index contributed by atoms with van der Waals surface area (Å²) in [6.45, 7) is 1.87. The molecule has 0 aliphatic heterocycles. The van der Waals surface area contributed by atoms with E-state index in [1.54, 1.807) is 11.3 Å². The molecule has 1 aliphatic rings. The molecule has 0 fully saturated rings. The van der Waals surface area contributed by atoms with E-state index in [2.05, 4.69) is 10.1 Å². The fourth-order valence-electron chi connectivity index (χ4n) is 3.46. The Hall–Kier alpha value is -3.07. The first kappa shape index (κ1) is 18.3. The van der Waals surface area contributed by atoms with Gasteiger partial charge in [-0.2, -0.15) is 9.78 Å². The monoisotopic (exact) mass is 397 g/mol. The van der Waals surface area contributed by atoms with E-state index in [0.717, 1.165) is 54.3 Å². The molecular weight excluding hydrogens is 380 g/mol. The number of rotatable bonds is 4. The maximum absolute atomic E-state index is 13.2. The Morgan fingerprint density at radius 1 is 1.36 bits per heavy atom. The molecule has 4 rings (SSSR count). The molecule has 0 spiro atoms. The standard InChI is InChI=1S/C19H18N4O4S/c1-2-16-21-18-17(13-5-3-4-6-15(13)28-18)19(25)22(16)20-10-11-9-12(23(26)27)7-8-14(11)24/h7-10,24H,2-6H2,1H3/p-1/b20-10-. The zero-order valence-electron chi connectivity index (χ0n) is 15.2. The number of aryl methyl sites for hydroxylation is 3. The van der Waals surface area contributed by atoms with Gasteiger partial charge in [0.15, 0.2) is 0 Å². The molecule has 0 radical (unpaired) electrons. The van der Waals surface area contributed by atoms with Gasteiger partial charge in [0.2, 0.25) is 0 Å². The Morgan fingerprint density at radius 3 is 2.89 bits per heavy atom. The number of hydrogen-bond acceptors (Lipinski definition) is 7. The average molecular weight is 397 g/mol. The minimum absolute atomic E-state index is 0.0515. The molecule has 0 amide bonds. The second-order valence-corrected chi connectivity index (χ2v) is 7.70. The number of aromatic nitrogens is 2. The van der Waals surface area contributed by atoms with Gasteiger partial charge in [-0.3, -0.25) is 14.9 Å². The van der Waals surface area contributed by atoms with Crippen LogP contribution in [0.4, 0.5) is 5.69 Å². The SMILES string of the molecule is CCc1nc2sc3c(c2c(=O)n1/N=C\c1cc([N+](=O)[O-])ccc1[O-])CCCC3. The molecule has 28 heavy (non-hydrogen) atoms. The zero-order valence-corrected chi connectivity index (χ0v) is 16.0. The van der Waals surface area contributed by atoms with Gasteiger partial charge >= 0.3 is 0 Å². The molecule has 8 nitrogen and oxygen atoms in total. The smallest absolute Gasteiger partial charge is 0.283 e. The Balaban J connectivity index is 1.86. The fraction of sp³-hybridized carbons (Fsp3) is 0.316. The van der Waals surface area contributed by atoms with Crippen LogP contribution in [0.5, 0.6) is 5.75 Å². The first-order valence-electron chi connectivity index (χ1n) is 9.05. The number of non-ortho nitro benzene ring substituents is 1. The third kappa shape index (κ3) is 3.07. The molecular formula is C19H17N4O4S-. The summed E-state index contributed by atoms with van der Waals surface area (Å²) in [4.78, 5) is 30.1. The normalized spacial score (nSPS) is 13.9. The lowest BCUT2D eigenvalue weighted by Crippen LogP contribution is -2.22. The molecule has 0 bridgehead atoms. The highest BCUT2D eigenvalue weighted by atomic mass is 32.1. The van der Waals surface area contributed by atoms with E-state index in [1.807, 2.05) is 6.92 Å². The Labute approximate surface area is 163 Å². The van der Waals surface area contributed by atoms with Crippen LogP contribution in [0.3, 0.4) is 0 Å². The van der Waals surface area contributed by atoms with E-state index in [4.69, 9.17) is 0 Å². The van der Waals surface area contributed by atoms with Crippen molar-refractivity contribution in [3.63, 3.8) is 0 Å². The van der Waals surface area contributed by atoms with E-state index in [-0.39, 0.29) is 16.8 Å². The van der Waals surface area contributed by atoms with Crippen molar-refractivity contribution in [3.8, 4) is 5.75 Å². The van der Waals surface area contributed by atoms with Gasteiger partial charge < -0.3 is 5.11 Å². The molecule has 0 saturated carbocycles. The second kappa shape index (κ2) is 7.16. The first-order chi connectivity index (χ1) is 13.5. The summed E-state index contributed by atoms with van der Waals surface area (Å²) in [5, 5.41) is 27.7. The third-order valence-corrected chi connectivity index (χ3v) is 6.05. The highest BCUT2D eigenvalue weighted by Gasteiger charge is 2.21. The van der Waals surface area contributed by atoms with Crippen LogP contribution in [0, 0.1) is 10.1 Å². The highest BCUT2D eigenvalue weighted by molar-refractivity contribution is 7.18. The molecule has 0 unspecified atom stereocenters. The lowest BCUT2D eigenvalue weighted by molar-refractivity contribution is -0.385. The van der Waals surface area contributed by atoms with Crippen molar-refractivity contribution in [2.75, 3.05) is 0 Å². The summed E-state index contributed by atoms with van der Waals surface area (Å²) < 4.78 is 1.21. The van der Waals surface area contributed by atoms with Gasteiger partial charge in [0.05, 0.1) is 16.5 Å². The fourth-order valence-corrected chi connectivity index (χ4v) is 4.73. The van der Waals surface area contributed by atoms with Gasteiger partial charge in [0.25, 0.3) is 11.2 Å². The molecule has 9 heteroatoms. The molecule has 0 atom stereocenters. The van der Waals surface area contributed by atoms with E-state index in [9.17, 15) is 20.0 Å². The van der Waals surface area contributed by atoms with E-state index in [0.29, 0.717) is 17.6 Å². The molecule has 3 aromatic rings. The van der Waals surface area contributed by atoms with Gasteiger partial charge in [-0.15, -0.1) is 11.3 Å². The predicted molar refractivity (Wildman–Crippen MR) is 105 cm³/mol. The molecule has 144 valence electrons. The van der Waals surface area contributed by atoms with Gasteiger partial charge in [0.1, 0.15) is 10.7 Å². The minimum Gasteiger partial charge on any atom is -0.872 e. The summed E-state index contributed by atoms with van der Waals surface area (Å²) in [6, 6.07) is 3.43. The predicted octanol–water partition coefficient (Wildman–Crippen LogP) is 2.76. The molecule has 1 aliphatic carbocycles. The zero-order chi connectivity index (χ0) is 19.8. The van der Waals surface area contributed by atoms with Crippen molar-refractivity contribution < 1.29 is 10.0 Å². The summed E-state index contributed by atoms with van der Waals surface area (Å²) >= 11 is 1.57. The Morgan fingerprint density at radius 2 is 2.14 bits per heavy atom. The number of nitro groups is 1. The largest absolute Gasteiger partial charge is 0.872 e. The summed E-state index contributed by atoms with van der Waals surface area (Å²) in [5.41, 5.74) is 0.658. The maximum atomic E-state index is 13.2. The van der Waals surface area contributed by atoms with Crippen LogP contribution >= 0.6 is 11.3 Å². The topological polar surface area (TPSA) is 113 Å². The van der Waals surface area contributed by atoms with E-state index in [1.165, 1.54) is 15.8 Å². The van der Waals surface area contributed by atoms with E-state index >= 15 is 0 Å². The number of fused-ring (bicyclic) bond motifs is 3. The third-order valence-electron chi connectivity index (χ3n) is 4.87. The average Bonchev–Trinajstić information content (AvgIpc) is 3.06. The number of nitro benzene ring substituents is 1. The van der Waals surface area contributed by atoms with Crippen LogP contribution in [0.25, 0.3) is 10.2 Å². The number of thiophene rings is 1. The van der Waals surface area contributed by atoms with E-state index < -0.39 is 10.7 Å². The van der Waals surface area contributed by atoms with Crippen LogP contribution in [0.1, 0.15) is 41.6 Å². The number of benzene rings is 1. The summed E-state index contributed by atoms with van der Waals surface area (Å²) in [5.74, 6) is 0.0904. The lowest BCUT2D eigenvalue weighted by Gasteiger charge is -2.11. The quantitative estimate of drug-likeness (QED) is 0.381. The van der Waals surface area contributed by atoms with Crippen molar-refractivity contribution in [3.05, 3.63) is 60.5 Å². The first-order valence-corrected chi connectivity index (χ1v) is 9.87. The molecule has 2 aromatic heterocycles. The van der Waals surface area contributed by atoms with Crippen molar-refractivity contribution in [1.29, 1.82) is 0 Å². The van der Waals surface area contributed by atoms with Gasteiger partial charge in [-0.05, 0) is 36.8 Å². The molecule has 1 aromatic carbocycles. The Bertz CT molecular complexity index is 1180. The van der Waals surface area contributed by atoms with Gasteiger partial charge in [-0.25, -0.2) is 4.98 Å². The van der Waals surface area contributed by atoms with Gasteiger partial charge in [-0.1, -0.05) is 18.7 Å². The lowest BCUT2D eigenvalue weighted by atomic mass is 9.97. The minimum atomic E-state index is -0.578. The molecule has 2 heterocycles. The summed E-state index contributed by atoms with van der Waals surface area (Å²) in [7, 11) is 0. The Kier molecular flexibility index (Phi) is 4.68. The van der Waals surface area contributed by atoms with Crippen molar-refractivity contribution in [2.24, 2.45) is 5.10 Å². The molecule has 0 N–H and O–H groups in total. The van der Waals surface area contributed by atoms with Crippen molar-refractivity contribution in [2.45, 2.75) is 39.0 Å². The summed E-state index contributed by atoms with van der Waals surface area (Å²) in [6.07, 6.45) is 5.67. The number of hydrogen-bond donors (Lipinski definition) is 0. The van der Waals surface area contributed by atoms with Gasteiger partial charge in [0, 0.05) is 23.4 Å². The van der Waals surface area contributed by atoms with Crippen LogP contribution < -0.4 is 10.7 Å². The van der Waals surface area contributed by atoms with Crippen LogP contribution in [-0.2, 0) is 19.3 Å². The second-order valence-electron chi connectivity index (χ2n) is 6.61. The van der Waals surface area contributed by atoms with Crippen LogP contribution in [0.2, 0.25) is 0 Å². The maximum Gasteiger partial charge on any atom is 0.283 e.